The Kier molecular flexibility index (Phi) is 5.71. The standard InChI is InChI=1S/C19H25ClN6O/c20-15-4-1-2-5-16(15)26-18(14-6-7-14)23-17(24-26)19(27)22-8-3-11-25-12-9-21-10-13-25/h1-2,4-5,14,21H,3,6-13H2,(H,22,27). The van der Waals surface area contributed by atoms with Gasteiger partial charge in [0.25, 0.3) is 5.91 Å². The molecule has 144 valence electrons. The fraction of sp³-hybridized carbons (Fsp3) is 0.526. The van der Waals surface area contributed by atoms with Gasteiger partial charge in [0, 0.05) is 38.6 Å². The summed E-state index contributed by atoms with van der Waals surface area (Å²) >= 11 is 6.32. The lowest BCUT2D eigenvalue weighted by Gasteiger charge is -2.26. The van der Waals surface area contributed by atoms with Crippen molar-refractivity contribution >= 4 is 17.5 Å². The smallest absolute Gasteiger partial charge is 0.290 e. The Morgan fingerprint density at radius 2 is 2.04 bits per heavy atom. The van der Waals surface area contributed by atoms with Gasteiger partial charge in [-0.15, -0.1) is 5.10 Å². The number of rotatable bonds is 7. The van der Waals surface area contributed by atoms with E-state index in [4.69, 9.17) is 11.6 Å². The number of benzene rings is 1. The summed E-state index contributed by atoms with van der Waals surface area (Å²) in [6.45, 7) is 5.85. The van der Waals surface area contributed by atoms with Gasteiger partial charge < -0.3 is 15.5 Å². The fourth-order valence-electron chi connectivity index (χ4n) is 3.35. The van der Waals surface area contributed by atoms with E-state index in [-0.39, 0.29) is 11.7 Å². The molecule has 1 saturated carbocycles. The first-order valence-corrected chi connectivity index (χ1v) is 10.0. The van der Waals surface area contributed by atoms with E-state index < -0.39 is 0 Å². The molecule has 4 rings (SSSR count). The number of amides is 1. The third-order valence-electron chi connectivity index (χ3n) is 5.00. The fourth-order valence-corrected chi connectivity index (χ4v) is 3.56. The van der Waals surface area contributed by atoms with Gasteiger partial charge in [0.15, 0.2) is 0 Å². The van der Waals surface area contributed by atoms with Crippen LogP contribution in [0.2, 0.25) is 5.02 Å². The largest absolute Gasteiger partial charge is 0.349 e. The molecule has 0 radical (unpaired) electrons. The van der Waals surface area contributed by atoms with Gasteiger partial charge in [0.2, 0.25) is 5.82 Å². The minimum atomic E-state index is -0.219. The number of piperazine rings is 1. The lowest BCUT2D eigenvalue weighted by Crippen LogP contribution is -2.44. The maximum Gasteiger partial charge on any atom is 0.290 e. The molecular weight excluding hydrogens is 364 g/mol. The van der Waals surface area contributed by atoms with Crippen LogP contribution in [0, 0.1) is 0 Å². The average molecular weight is 389 g/mol. The molecule has 0 unspecified atom stereocenters. The molecule has 2 N–H and O–H groups in total. The Bertz CT molecular complexity index is 797. The van der Waals surface area contributed by atoms with Crippen molar-refractivity contribution in [2.45, 2.75) is 25.2 Å². The first kappa shape index (κ1) is 18.4. The van der Waals surface area contributed by atoms with Gasteiger partial charge in [-0.05, 0) is 37.9 Å². The molecule has 27 heavy (non-hydrogen) atoms. The summed E-state index contributed by atoms with van der Waals surface area (Å²) < 4.78 is 1.73. The molecule has 0 bridgehead atoms. The monoisotopic (exact) mass is 388 g/mol. The predicted octanol–water partition coefficient (Wildman–Crippen LogP) is 1.82. The quantitative estimate of drug-likeness (QED) is 0.708. The van der Waals surface area contributed by atoms with Crippen molar-refractivity contribution in [2.24, 2.45) is 0 Å². The zero-order chi connectivity index (χ0) is 18.6. The van der Waals surface area contributed by atoms with Crippen LogP contribution in [0.1, 0.15) is 41.6 Å². The third kappa shape index (κ3) is 4.48. The molecule has 0 atom stereocenters. The molecule has 8 heteroatoms. The summed E-state index contributed by atoms with van der Waals surface area (Å²) in [4.78, 5) is 19.5. The first-order chi connectivity index (χ1) is 13.2. The number of nitrogens with one attached hydrogen (secondary N) is 2. The van der Waals surface area contributed by atoms with Crippen molar-refractivity contribution in [3.05, 3.63) is 40.9 Å². The number of hydrogen-bond acceptors (Lipinski definition) is 5. The third-order valence-corrected chi connectivity index (χ3v) is 5.32. The number of halogens is 1. The Balaban J connectivity index is 1.39. The molecule has 2 heterocycles. The minimum Gasteiger partial charge on any atom is -0.349 e. The number of para-hydroxylation sites is 1. The van der Waals surface area contributed by atoms with Crippen molar-refractivity contribution in [1.82, 2.24) is 30.3 Å². The molecule has 2 aromatic rings. The Hall–Kier alpha value is -1.96. The van der Waals surface area contributed by atoms with Crippen molar-refractivity contribution in [3.63, 3.8) is 0 Å². The second-order valence-electron chi connectivity index (χ2n) is 7.13. The molecule has 7 nitrogen and oxygen atoms in total. The van der Waals surface area contributed by atoms with Crippen LogP contribution in [-0.2, 0) is 0 Å². The second kappa shape index (κ2) is 8.37. The number of carbonyl (C=O) groups is 1. The van der Waals surface area contributed by atoms with E-state index in [1.54, 1.807) is 4.68 Å². The molecule has 1 aliphatic carbocycles. The highest BCUT2D eigenvalue weighted by atomic mass is 35.5. The van der Waals surface area contributed by atoms with Crippen molar-refractivity contribution in [3.8, 4) is 5.69 Å². The van der Waals surface area contributed by atoms with E-state index in [1.165, 1.54) is 0 Å². The zero-order valence-electron chi connectivity index (χ0n) is 15.3. The van der Waals surface area contributed by atoms with Crippen LogP contribution < -0.4 is 10.6 Å². The number of nitrogens with zero attached hydrogens (tertiary/aromatic N) is 4. The molecule has 1 aromatic heterocycles. The van der Waals surface area contributed by atoms with E-state index in [0.29, 0.717) is 17.5 Å². The molecular formula is C19H25ClN6O. The summed E-state index contributed by atoms with van der Waals surface area (Å²) in [7, 11) is 0. The van der Waals surface area contributed by atoms with Crippen molar-refractivity contribution < 1.29 is 4.79 Å². The van der Waals surface area contributed by atoms with E-state index in [1.807, 2.05) is 24.3 Å². The first-order valence-electron chi connectivity index (χ1n) is 9.65. The topological polar surface area (TPSA) is 75.1 Å². The van der Waals surface area contributed by atoms with Gasteiger partial charge in [-0.3, -0.25) is 4.79 Å². The van der Waals surface area contributed by atoms with Crippen LogP contribution in [0.3, 0.4) is 0 Å². The second-order valence-corrected chi connectivity index (χ2v) is 7.54. The average Bonchev–Trinajstić information content (AvgIpc) is 3.45. The van der Waals surface area contributed by atoms with Gasteiger partial charge in [-0.2, -0.15) is 0 Å². The molecule has 2 fully saturated rings. The van der Waals surface area contributed by atoms with Crippen LogP contribution in [0.4, 0.5) is 0 Å². The van der Waals surface area contributed by atoms with Crippen LogP contribution in [-0.4, -0.2) is 64.8 Å². The molecule has 1 amide bonds. The molecule has 1 aromatic carbocycles. The Morgan fingerprint density at radius 1 is 1.26 bits per heavy atom. The number of aromatic nitrogens is 3. The summed E-state index contributed by atoms with van der Waals surface area (Å²) in [6, 6.07) is 7.52. The highest BCUT2D eigenvalue weighted by Crippen LogP contribution is 2.40. The van der Waals surface area contributed by atoms with Gasteiger partial charge in [0.05, 0.1) is 10.7 Å². The summed E-state index contributed by atoms with van der Waals surface area (Å²) in [5, 5.41) is 11.4. The van der Waals surface area contributed by atoms with Crippen molar-refractivity contribution in [1.29, 1.82) is 0 Å². The molecule has 0 spiro atoms. The van der Waals surface area contributed by atoms with Gasteiger partial charge in [-0.1, -0.05) is 23.7 Å². The Labute approximate surface area is 164 Å². The molecule has 1 saturated heterocycles. The highest BCUT2D eigenvalue weighted by Gasteiger charge is 2.32. The number of carbonyl (C=O) groups excluding carboxylic acids is 1. The maximum absolute atomic E-state index is 12.5. The predicted molar refractivity (Wildman–Crippen MR) is 105 cm³/mol. The summed E-state index contributed by atoms with van der Waals surface area (Å²) in [6.07, 6.45) is 3.08. The molecule has 2 aliphatic rings. The number of hydrogen-bond donors (Lipinski definition) is 2. The van der Waals surface area contributed by atoms with Gasteiger partial charge >= 0.3 is 0 Å². The zero-order valence-corrected chi connectivity index (χ0v) is 16.1. The summed E-state index contributed by atoms with van der Waals surface area (Å²) in [5.41, 5.74) is 0.770. The van der Waals surface area contributed by atoms with E-state index in [9.17, 15) is 4.79 Å². The Morgan fingerprint density at radius 3 is 2.78 bits per heavy atom. The summed E-state index contributed by atoms with van der Waals surface area (Å²) in [5.74, 6) is 1.19. The van der Waals surface area contributed by atoms with E-state index in [2.05, 4.69) is 25.6 Å². The van der Waals surface area contributed by atoms with Crippen LogP contribution in [0.5, 0.6) is 0 Å². The van der Waals surface area contributed by atoms with Crippen molar-refractivity contribution in [2.75, 3.05) is 39.3 Å². The van der Waals surface area contributed by atoms with Gasteiger partial charge in [-0.25, -0.2) is 9.67 Å². The normalized spacial score (nSPS) is 17.8. The van der Waals surface area contributed by atoms with E-state index >= 15 is 0 Å². The molecule has 1 aliphatic heterocycles. The highest BCUT2D eigenvalue weighted by molar-refractivity contribution is 6.32. The van der Waals surface area contributed by atoms with Crippen LogP contribution in [0.25, 0.3) is 5.69 Å². The van der Waals surface area contributed by atoms with Gasteiger partial charge in [0.1, 0.15) is 5.82 Å². The van der Waals surface area contributed by atoms with Crippen LogP contribution >= 0.6 is 11.6 Å². The van der Waals surface area contributed by atoms with Crippen LogP contribution in [0.15, 0.2) is 24.3 Å². The lowest BCUT2D eigenvalue weighted by molar-refractivity contribution is 0.0941. The van der Waals surface area contributed by atoms with E-state index in [0.717, 1.165) is 63.5 Å². The maximum atomic E-state index is 12.5. The lowest BCUT2D eigenvalue weighted by atomic mass is 10.3. The SMILES string of the molecule is O=C(NCCCN1CCNCC1)c1nc(C2CC2)n(-c2ccccc2Cl)n1. The minimum absolute atomic E-state index is 0.219.